The molecule has 3 nitrogen and oxygen atoms in total. The topological polar surface area (TPSA) is 66.9 Å². The van der Waals surface area contributed by atoms with Crippen molar-refractivity contribution in [3.05, 3.63) is 34.9 Å². The first-order valence-electron chi connectivity index (χ1n) is 4.73. The summed E-state index contributed by atoms with van der Waals surface area (Å²) in [4.78, 5) is 11.0. The summed E-state index contributed by atoms with van der Waals surface area (Å²) < 4.78 is 37.2. The van der Waals surface area contributed by atoms with Crippen LogP contribution in [0.15, 0.2) is 18.2 Å². The second kappa shape index (κ2) is 4.87. The third-order valence-corrected chi connectivity index (χ3v) is 2.21. The van der Waals surface area contributed by atoms with Gasteiger partial charge in [-0.15, -0.1) is 0 Å². The third-order valence-electron chi connectivity index (χ3n) is 2.21. The van der Waals surface area contributed by atoms with Gasteiger partial charge in [0.15, 0.2) is 0 Å². The van der Waals surface area contributed by atoms with Gasteiger partial charge in [-0.25, -0.2) is 0 Å². The summed E-state index contributed by atoms with van der Waals surface area (Å²) in [5.74, 6) is -0.927. The number of aryl methyl sites for hydroxylation is 1. The zero-order valence-corrected chi connectivity index (χ0v) is 8.71. The Morgan fingerprint density at radius 3 is 2.53 bits per heavy atom. The molecular formula is C11H9F3N2O. The predicted molar refractivity (Wildman–Crippen MR) is 53.9 cm³/mol. The molecule has 0 heterocycles. The quantitative estimate of drug-likeness (QED) is 0.883. The number of amides is 1. The molecule has 0 atom stereocenters. The molecule has 2 N–H and O–H groups in total. The highest BCUT2D eigenvalue weighted by Gasteiger charge is 2.31. The second-order valence-corrected chi connectivity index (χ2v) is 3.39. The van der Waals surface area contributed by atoms with E-state index >= 15 is 0 Å². The van der Waals surface area contributed by atoms with Crippen molar-refractivity contribution in [2.24, 2.45) is 5.73 Å². The van der Waals surface area contributed by atoms with E-state index in [1.807, 2.05) is 6.07 Å². The normalized spacial score (nSPS) is 10.9. The van der Waals surface area contributed by atoms with Crippen molar-refractivity contribution < 1.29 is 18.0 Å². The van der Waals surface area contributed by atoms with Gasteiger partial charge in [-0.2, -0.15) is 18.4 Å². The van der Waals surface area contributed by atoms with Gasteiger partial charge in [0.1, 0.15) is 0 Å². The van der Waals surface area contributed by atoms with E-state index in [0.717, 1.165) is 12.1 Å². The Bertz CT molecular complexity index is 475. The Labute approximate surface area is 95.6 Å². The van der Waals surface area contributed by atoms with Crippen LogP contribution < -0.4 is 5.73 Å². The van der Waals surface area contributed by atoms with Crippen molar-refractivity contribution in [3.63, 3.8) is 0 Å². The number of primary amides is 1. The van der Waals surface area contributed by atoms with Crippen LogP contribution in [0.4, 0.5) is 13.2 Å². The zero-order chi connectivity index (χ0) is 13.1. The molecule has 0 spiro atoms. The first-order valence-corrected chi connectivity index (χ1v) is 4.73. The molecule has 0 saturated heterocycles. The smallest absolute Gasteiger partial charge is 0.366 e. The number of nitrogens with two attached hydrogens (primary N) is 1. The van der Waals surface area contributed by atoms with E-state index < -0.39 is 17.6 Å². The van der Waals surface area contributed by atoms with Crippen molar-refractivity contribution >= 4 is 5.91 Å². The fourth-order valence-electron chi connectivity index (χ4n) is 1.39. The van der Waals surface area contributed by atoms with Gasteiger partial charge in [0.2, 0.25) is 5.91 Å². The molecule has 0 unspecified atom stereocenters. The molecule has 0 aromatic heterocycles. The van der Waals surface area contributed by atoms with Gasteiger partial charge in [0.25, 0.3) is 0 Å². The molecule has 1 aromatic rings. The summed E-state index contributed by atoms with van der Waals surface area (Å²) in [6.45, 7) is 0. The zero-order valence-electron chi connectivity index (χ0n) is 8.71. The van der Waals surface area contributed by atoms with Crippen LogP contribution in [-0.2, 0) is 12.6 Å². The third kappa shape index (κ3) is 3.21. The van der Waals surface area contributed by atoms with Crippen molar-refractivity contribution in [2.45, 2.75) is 19.0 Å². The molecule has 0 radical (unpaired) electrons. The maximum absolute atomic E-state index is 12.4. The number of carbonyl (C=O) groups excluding carboxylic acids is 1. The lowest BCUT2D eigenvalue weighted by molar-refractivity contribution is -0.137. The lowest BCUT2D eigenvalue weighted by Gasteiger charge is -2.10. The molecule has 0 fully saturated rings. The van der Waals surface area contributed by atoms with Gasteiger partial charge in [0, 0.05) is 12.0 Å². The number of halogens is 3. The average Bonchev–Trinajstić information content (AvgIpc) is 2.24. The lowest BCUT2D eigenvalue weighted by Crippen LogP contribution is -2.16. The number of nitrogens with zero attached hydrogens (tertiary/aromatic N) is 1. The lowest BCUT2D eigenvalue weighted by atomic mass is 9.99. The van der Waals surface area contributed by atoms with E-state index in [1.54, 1.807) is 0 Å². The van der Waals surface area contributed by atoms with Gasteiger partial charge in [0.05, 0.1) is 11.6 Å². The van der Waals surface area contributed by atoms with Gasteiger partial charge in [-0.3, -0.25) is 4.79 Å². The molecule has 1 aromatic carbocycles. The minimum absolute atomic E-state index is 0.117. The number of carbonyl (C=O) groups is 1. The van der Waals surface area contributed by atoms with Crippen molar-refractivity contribution in [1.82, 2.24) is 0 Å². The minimum Gasteiger partial charge on any atom is -0.366 e. The van der Waals surface area contributed by atoms with Crippen LogP contribution in [0.25, 0.3) is 0 Å². The molecule has 0 saturated carbocycles. The number of alkyl halides is 3. The van der Waals surface area contributed by atoms with E-state index in [-0.39, 0.29) is 18.4 Å². The van der Waals surface area contributed by atoms with Crippen LogP contribution >= 0.6 is 0 Å². The summed E-state index contributed by atoms with van der Waals surface area (Å²) in [7, 11) is 0. The molecule has 1 amide bonds. The van der Waals surface area contributed by atoms with Gasteiger partial charge in [-0.1, -0.05) is 6.07 Å². The van der Waals surface area contributed by atoms with Crippen LogP contribution in [0.1, 0.15) is 27.9 Å². The van der Waals surface area contributed by atoms with Gasteiger partial charge >= 0.3 is 6.18 Å². The second-order valence-electron chi connectivity index (χ2n) is 3.39. The standard InChI is InChI=1S/C11H9F3N2O/c12-11(13,14)8-4-3-7(2-1-5-15)9(6-8)10(16)17/h3-4,6H,1-2H2,(H2,16,17). The van der Waals surface area contributed by atoms with E-state index in [4.69, 9.17) is 11.0 Å². The van der Waals surface area contributed by atoms with Crippen molar-refractivity contribution in [3.8, 4) is 6.07 Å². The first kappa shape index (κ1) is 13.0. The van der Waals surface area contributed by atoms with Gasteiger partial charge in [-0.05, 0) is 24.1 Å². The Morgan fingerprint density at radius 1 is 1.41 bits per heavy atom. The van der Waals surface area contributed by atoms with Crippen LogP contribution in [0.2, 0.25) is 0 Å². The highest BCUT2D eigenvalue weighted by Crippen LogP contribution is 2.30. The summed E-state index contributed by atoms with van der Waals surface area (Å²) >= 11 is 0. The molecule has 0 bridgehead atoms. The maximum atomic E-state index is 12.4. The number of hydrogen-bond donors (Lipinski definition) is 1. The fraction of sp³-hybridized carbons (Fsp3) is 0.273. The molecular weight excluding hydrogens is 233 g/mol. The maximum Gasteiger partial charge on any atom is 0.416 e. The monoisotopic (exact) mass is 242 g/mol. The van der Waals surface area contributed by atoms with Crippen LogP contribution in [0.3, 0.4) is 0 Å². The number of benzene rings is 1. The number of nitriles is 1. The van der Waals surface area contributed by atoms with Crippen LogP contribution in [0, 0.1) is 11.3 Å². The SMILES string of the molecule is N#CCCc1ccc(C(F)(F)F)cc1C(N)=O. The Balaban J connectivity index is 3.18. The Morgan fingerprint density at radius 2 is 2.06 bits per heavy atom. The Kier molecular flexibility index (Phi) is 3.73. The number of rotatable bonds is 3. The minimum atomic E-state index is -4.52. The van der Waals surface area contributed by atoms with E-state index in [9.17, 15) is 18.0 Å². The van der Waals surface area contributed by atoms with Crippen molar-refractivity contribution in [2.75, 3.05) is 0 Å². The van der Waals surface area contributed by atoms with Crippen LogP contribution in [-0.4, -0.2) is 5.91 Å². The molecule has 0 aliphatic rings. The summed E-state index contributed by atoms with van der Waals surface area (Å²) in [6, 6.07) is 4.63. The van der Waals surface area contributed by atoms with E-state index in [0.29, 0.717) is 5.56 Å². The molecule has 17 heavy (non-hydrogen) atoms. The summed E-state index contributed by atoms with van der Waals surface area (Å²) in [5, 5.41) is 8.39. The molecule has 0 aliphatic heterocycles. The highest BCUT2D eigenvalue weighted by atomic mass is 19.4. The molecule has 0 aliphatic carbocycles. The molecule has 1 rings (SSSR count). The van der Waals surface area contributed by atoms with E-state index in [2.05, 4.69) is 0 Å². The summed E-state index contributed by atoms with van der Waals surface area (Å²) in [5.41, 5.74) is 4.25. The van der Waals surface area contributed by atoms with Crippen LogP contribution in [0.5, 0.6) is 0 Å². The van der Waals surface area contributed by atoms with Crippen molar-refractivity contribution in [1.29, 1.82) is 5.26 Å². The largest absolute Gasteiger partial charge is 0.416 e. The average molecular weight is 242 g/mol. The van der Waals surface area contributed by atoms with E-state index in [1.165, 1.54) is 6.07 Å². The highest BCUT2D eigenvalue weighted by molar-refractivity contribution is 5.94. The van der Waals surface area contributed by atoms with Gasteiger partial charge < -0.3 is 5.73 Å². The fourth-order valence-corrected chi connectivity index (χ4v) is 1.39. The Hall–Kier alpha value is -2.03. The number of hydrogen-bond acceptors (Lipinski definition) is 2. The predicted octanol–water partition coefficient (Wildman–Crippen LogP) is 2.26. The molecule has 90 valence electrons. The first-order chi connectivity index (χ1) is 7.86. The summed E-state index contributed by atoms with van der Waals surface area (Å²) in [6.07, 6.45) is -4.20. The molecule has 6 heteroatoms.